The number of hydrogen-bond donors (Lipinski definition) is 1. The summed E-state index contributed by atoms with van der Waals surface area (Å²) < 4.78 is 38.1. The molecule has 29 heavy (non-hydrogen) atoms. The monoisotopic (exact) mass is 405 g/mol. The molecule has 6 heteroatoms. The van der Waals surface area contributed by atoms with Crippen LogP contribution in [0.1, 0.15) is 38.8 Å². The molecule has 0 bridgehead atoms. The van der Waals surface area contributed by atoms with Crippen LogP contribution in [0.15, 0.2) is 48.5 Å². The normalized spacial score (nSPS) is 14.9. The molecule has 0 unspecified atom stereocenters. The molecule has 0 heterocycles. The molecule has 0 amide bonds. The number of carbonyl (C=O) groups is 1. The lowest BCUT2D eigenvalue weighted by Gasteiger charge is -2.38. The highest BCUT2D eigenvalue weighted by Gasteiger charge is 2.37. The molecule has 0 aromatic heterocycles. The quantitative estimate of drug-likeness (QED) is 0.628. The van der Waals surface area contributed by atoms with E-state index in [9.17, 15) is 13.6 Å². The van der Waals surface area contributed by atoms with Crippen molar-refractivity contribution in [3.8, 4) is 0 Å². The molecule has 4 nitrogen and oxygen atoms in total. The summed E-state index contributed by atoms with van der Waals surface area (Å²) in [5.74, 6) is -1.33. The number of nitrogens with two attached hydrogens (primary N) is 1. The summed E-state index contributed by atoms with van der Waals surface area (Å²) in [5.41, 5.74) is 6.67. The lowest BCUT2D eigenvalue weighted by Crippen LogP contribution is -2.45. The van der Waals surface area contributed by atoms with Crippen LogP contribution in [-0.4, -0.2) is 23.7 Å². The lowest BCUT2D eigenvalue weighted by atomic mass is 9.81. The Morgan fingerprint density at radius 1 is 0.966 bits per heavy atom. The molecule has 3 atom stereocenters. The second-order valence-corrected chi connectivity index (χ2v) is 7.89. The van der Waals surface area contributed by atoms with E-state index in [2.05, 4.69) is 0 Å². The van der Waals surface area contributed by atoms with Crippen LogP contribution < -0.4 is 5.73 Å². The van der Waals surface area contributed by atoms with Crippen molar-refractivity contribution in [1.82, 2.24) is 0 Å². The fourth-order valence-electron chi connectivity index (χ4n) is 3.18. The van der Waals surface area contributed by atoms with Gasteiger partial charge in [0, 0.05) is 5.92 Å². The van der Waals surface area contributed by atoms with E-state index in [4.69, 9.17) is 15.2 Å². The summed E-state index contributed by atoms with van der Waals surface area (Å²) in [5, 5.41) is 0. The van der Waals surface area contributed by atoms with Gasteiger partial charge in [-0.1, -0.05) is 24.3 Å². The minimum atomic E-state index is -0.729. The molecule has 0 aliphatic carbocycles. The molecule has 2 N–H and O–H groups in total. The third-order valence-corrected chi connectivity index (χ3v) is 5.03. The van der Waals surface area contributed by atoms with Crippen molar-refractivity contribution in [2.45, 2.75) is 58.5 Å². The van der Waals surface area contributed by atoms with Crippen molar-refractivity contribution in [2.75, 3.05) is 0 Å². The number of esters is 1. The van der Waals surface area contributed by atoms with Crippen LogP contribution in [0, 0.1) is 17.6 Å². The summed E-state index contributed by atoms with van der Waals surface area (Å²) in [7, 11) is 0. The van der Waals surface area contributed by atoms with Gasteiger partial charge in [0.05, 0.1) is 12.2 Å². The zero-order valence-corrected chi connectivity index (χ0v) is 17.3. The molecular weight excluding hydrogens is 376 g/mol. The minimum Gasteiger partial charge on any atom is -0.461 e. The van der Waals surface area contributed by atoms with Gasteiger partial charge in [-0.15, -0.1) is 0 Å². The topological polar surface area (TPSA) is 61.6 Å². The highest BCUT2D eigenvalue weighted by Crippen LogP contribution is 2.31. The molecule has 0 aliphatic heterocycles. The van der Waals surface area contributed by atoms with Gasteiger partial charge in [0.15, 0.2) is 0 Å². The van der Waals surface area contributed by atoms with Crippen LogP contribution >= 0.6 is 0 Å². The van der Waals surface area contributed by atoms with E-state index in [1.807, 2.05) is 13.8 Å². The second kappa shape index (κ2) is 9.94. The highest BCUT2D eigenvalue weighted by atomic mass is 19.1. The molecule has 0 radical (unpaired) electrons. The molecule has 0 saturated carbocycles. The maximum Gasteiger partial charge on any atom is 0.322 e. The predicted molar refractivity (Wildman–Crippen MR) is 108 cm³/mol. The SMILES string of the molecule is C[C@H](N)C(=O)O[C@@H](C)[C@H](Cc1ccc(F)cc1)C(C)(C)OCc1ccc(F)cc1. The van der Waals surface area contributed by atoms with Crippen molar-refractivity contribution in [2.24, 2.45) is 11.7 Å². The second-order valence-electron chi connectivity index (χ2n) is 7.89. The Morgan fingerprint density at radius 2 is 1.45 bits per heavy atom. The van der Waals surface area contributed by atoms with E-state index in [1.165, 1.54) is 24.3 Å². The van der Waals surface area contributed by atoms with Crippen molar-refractivity contribution in [3.63, 3.8) is 0 Å². The van der Waals surface area contributed by atoms with Crippen molar-refractivity contribution < 1.29 is 23.0 Å². The van der Waals surface area contributed by atoms with Crippen LogP contribution in [0.5, 0.6) is 0 Å². The van der Waals surface area contributed by atoms with E-state index in [1.54, 1.807) is 38.1 Å². The Hall–Kier alpha value is -2.31. The fraction of sp³-hybridized carbons (Fsp3) is 0.435. The number of benzene rings is 2. The van der Waals surface area contributed by atoms with E-state index < -0.39 is 23.7 Å². The van der Waals surface area contributed by atoms with E-state index in [0.717, 1.165) is 11.1 Å². The van der Waals surface area contributed by atoms with Gasteiger partial charge in [-0.2, -0.15) is 0 Å². The van der Waals surface area contributed by atoms with Gasteiger partial charge >= 0.3 is 5.97 Å². The average Bonchev–Trinajstić information content (AvgIpc) is 2.66. The third kappa shape index (κ3) is 6.91. The van der Waals surface area contributed by atoms with Crippen LogP contribution in [0.25, 0.3) is 0 Å². The zero-order chi connectivity index (χ0) is 21.6. The first-order valence-electron chi connectivity index (χ1n) is 9.67. The minimum absolute atomic E-state index is 0.226. The third-order valence-electron chi connectivity index (χ3n) is 5.03. The fourth-order valence-corrected chi connectivity index (χ4v) is 3.18. The van der Waals surface area contributed by atoms with Crippen LogP contribution in [-0.2, 0) is 27.3 Å². The maximum atomic E-state index is 13.3. The smallest absolute Gasteiger partial charge is 0.322 e. The van der Waals surface area contributed by atoms with Gasteiger partial charge < -0.3 is 15.2 Å². The van der Waals surface area contributed by atoms with Gasteiger partial charge in [0.1, 0.15) is 23.8 Å². The number of rotatable bonds is 9. The summed E-state index contributed by atoms with van der Waals surface area (Å²) in [6, 6.07) is 11.6. The molecule has 0 saturated heterocycles. The lowest BCUT2D eigenvalue weighted by molar-refractivity contribution is -0.161. The van der Waals surface area contributed by atoms with Crippen molar-refractivity contribution in [1.29, 1.82) is 0 Å². The summed E-state index contributed by atoms with van der Waals surface area (Å²) >= 11 is 0. The highest BCUT2D eigenvalue weighted by molar-refractivity contribution is 5.75. The van der Waals surface area contributed by atoms with Gasteiger partial charge in [-0.3, -0.25) is 4.79 Å². The number of hydrogen-bond acceptors (Lipinski definition) is 4. The van der Waals surface area contributed by atoms with Gasteiger partial charge in [-0.05, 0) is 69.5 Å². The Kier molecular flexibility index (Phi) is 7.88. The van der Waals surface area contributed by atoms with Gasteiger partial charge in [0.25, 0.3) is 0 Å². The molecule has 2 aromatic rings. The first-order valence-corrected chi connectivity index (χ1v) is 9.67. The first kappa shape index (κ1) is 23.0. The molecule has 2 aromatic carbocycles. The van der Waals surface area contributed by atoms with Crippen LogP contribution in [0.4, 0.5) is 8.78 Å². The van der Waals surface area contributed by atoms with Crippen LogP contribution in [0.3, 0.4) is 0 Å². The summed E-state index contributed by atoms with van der Waals surface area (Å²) in [6.45, 7) is 7.49. The number of carbonyl (C=O) groups excluding carboxylic acids is 1. The van der Waals surface area contributed by atoms with Crippen molar-refractivity contribution in [3.05, 3.63) is 71.3 Å². The van der Waals surface area contributed by atoms with Crippen LogP contribution in [0.2, 0.25) is 0 Å². The summed E-state index contributed by atoms with van der Waals surface area (Å²) in [4.78, 5) is 12.0. The van der Waals surface area contributed by atoms with E-state index >= 15 is 0 Å². The van der Waals surface area contributed by atoms with Crippen molar-refractivity contribution >= 4 is 5.97 Å². The molecule has 158 valence electrons. The van der Waals surface area contributed by atoms with Gasteiger partial charge in [-0.25, -0.2) is 8.78 Å². The standard InChI is InChI=1S/C23H29F2NO3/c1-15(26)22(27)29-16(2)21(13-17-5-9-19(24)10-6-17)23(3,4)28-14-18-7-11-20(25)12-8-18/h5-12,15-16,21H,13-14,26H2,1-4H3/t15-,16-,21-/m0/s1. The zero-order valence-electron chi connectivity index (χ0n) is 17.3. The Labute approximate surface area is 171 Å². The molecular formula is C23H29F2NO3. The maximum absolute atomic E-state index is 13.3. The number of ether oxygens (including phenoxy) is 2. The molecule has 0 aliphatic rings. The molecule has 0 fully saturated rings. The Morgan fingerprint density at radius 3 is 1.93 bits per heavy atom. The predicted octanol–water partition coefficient (Wildman–Crippen LogP) is 4.40. The summed E-state index contributed by atoms with van der Waals surface area (Å²) in [6.07, 6.45) is 0.0335. The van der Waals surface area contributed by atoms with Gasteiger partial charge in [0.2, 0.25) is 0 Å². The van der Waals surface area contributed by atoms with E-state index in [-0.39, 0.29) is 24.2 Å². The molecule has 2 rings (SSSR count). The largest absolute Gasteiger partial charge is 0.461 e. The first-order chi connectivity index (χ1) is 13.6. The average molecular weight is 405 g/mol. The molecule has 0 spiro atoms. The van der Waals surface area contributed by atoms with E-state index in [0.29, 0.717) is 6.42 Å². The Balaban J connectivity index is 2.19. The number of halogens is 2. The Bertz CT molecular complexity index is 789.